The molecule has 2 atom stereocenters. The van der Waals surface area contributed by atoms with E-state index in [1.54, 1.807) is 12.1 Å². The lowest BCUT2D eigenvalue weighted by Crippen LogP contribution is -2.11. The lowest BCUT2D eigenvalue weighted by atomic mass is 9.91. The molecule has 0 spiro atoms. The fourth-order valence-corrected chi connectivity index (χ4v) is 3.54. The Bertz CT molecular complexity index is 367. The normalized spacial score (nSPS) is 26.4. The van der Waals surface area contributed by atoms with Gasteiger partial charge in [-0.3, -0.25) is 0 Å². The molecule has 1 aromatic carbocycles. The highest BCUT2D eigenvalue weighted by Gasteiger charge is 2.24. The van der Waals surface area contributed by atoms with Crippen molar-refractivity contribution >= 4 is 27.5 Å². The van der Waals surface area contributed by atoms with Gasteiger partial charge in [0.2, 0.25) is 0 Å². The third-order valence-electron chi connectivity index (χ3n) is 3.29. The second-order valence-corrected chi connectivity index (χ2v) is 6.01. The van der Waals surface area contributed by atoms with Crippen molar-refractivity contribution in [2.24, 2.45) is 0 Å². The van der Waals surface area contributed by atoms with Gasteiger partial charge in [-0.1, -0.05) is 46.8 Å². The molecule has 0 aromatic heterocycles. The molecule has 2 unspecified atom stereocenters. The minimum atomic E-state index is -0.191. The summed E-state index contributed by atoms with van der Waals surface area (Å²) in [7, 11) is 0. The van der Waals surface area contributed by atoms with Crippen LogP contribution in [-0.2, 0) is 0 Å². The maximum atomic E-state index is 13.3. The summed E-state index contributed by atoms with van der Waals surface area (Å²) in [5, 5.41) is 0.692. The number of alkyl halides is 1. The van der Waals surface area contributed by atoms with Crippen molar-refractivity contribution in [1.29, 1.82) is 0 Å². The van der Waals surface area contributed by atoms with E-state index in [0.29, 0.717) is 15.8 Å². The lowest BCUT2D eigenvalue weighted by Gasteiger charge is -2.21. The number of hydrogen-bond donors (Lipinski definition) is 0. The van der Waals surface area contributed by atoms with Crippen LogP contribution in [0.1, 0.15) is 43.6 Å². The molecule has 0 nitrogen and oxygen atoms in total. The van der Waals surface area contributed by atoms with Crippen molar-refractivity contribution in [2.45, 2.75) is 42.8 Å². The van der Waals surface area contributed by atoms with Crippen LogP contribution in [0.15, 0.2) is 18.2 Å². The number of benzene rings is 1. The van der Waals surface area contributed by atoms with Crippen LogP contribution in [0.4, 0.5) is 4.39 Å². The van der Waals surface area contributed by atoms with Crippen LogP contribution < -0.4 is 0 Å². The smallest absolute Gasteiger partial charge is 0.123 e. The zero-order chi connectivity index (χ0) is 11.5. The fraction of sp³-hybridized carbons (Fsp3) is 0.538. The highest BCUT2D eigenvalue weighted by atomic mass is 79.9. The first kappa shape index (κ1) is 12.4. The van der Waals surface area contributed by atoms with E-state index in [2.05, 4.69) is 15.9 Å². The first-order valence-electron chi connectivity index (χ1n) is 5.77. The predicted molar refractivity (Wildman–Crippen MR) is 70.0 cm³/mol. The van der Waals surface area contributed by atoms with Gasteiger partial charge in [0.1, 0.15) is 5.82 Å². The predicted octanol–water partition coefficient (Wildman–Crippen LogP) is 5.29. The Morgan fingerprint density at radius 2 is 1.94 bits per heavy atom. The third-order valence-corrected chi connectivity index (χ3v) is 4.73. The van der Waals surface area contributed by atoms with Gasteiger partial charge in [0, 0.05) is 9.85 Å². The maximum Gasteiger partial charge on any atom is 0.123 e. The molecule has 1 aliphatic rings. The van der Waals surface area contributed by atoms with Crippen molar-refractivity contribution in [2.75, 3.05) is 0 Å². The van der Waals surface area contributed by atoms with E-state index in [0.717, 1.165) is 18.4 Å². The molecular formula is C13H15BrClF. The molecule has 16 heavy (non-hydrogen) atoms. The van der Waals surface area contributed by atoms with Gasteiger partial charge < -0.3 is 0 Å². The first-order chi connectivity index (χ1) is 7.68. The highest BCUT2D eigenvalue weighted by molar-refractivity contribution is 9.09. The zero-order valence-corrected chi connectivity index (χ0v) is 11.4. The Kier molecular flexibility index (Phi) is 4.26. The van der Waals surface area contributed by atoms with Crippen molar-refractivity contribution in [3.8, 4) is 0 Å². The minimum absolute atomic E-state index is 0.191. The molecule has 0 N–H and O–H groups in total. The van der Waals surface area contributed by atoms with E-state index in [1.807, 2.05) is 0 Å². The first-order valence-corrected chi connectivity index (χ1v) is 7.07. The van der Waals surface area contributed by atoms with Crippen molar-refractivity contribution < 1.29 is 4.39 Å². The van der Waals surface area contributed by atoms with Gasteiger partial charge in [-0.2, -0.15) is 0 Å². The summed E-state index contributed by atoms with van der Waals surface area (Å²) < 4.78 is 13.3. The highest BCUT2D eigenvalue weighted by Crippen LogP contribution is 2.39. The summed E-state index contributed by atoms with van der Waals surface area (Å²) in [6.45, 7) is 0. The molecule has 1 aliphatic carbocycles. The molecule has 88 valence electrons. The summed E-state index contributed by atoms with van der Waals surface area (Å²) in [5.41, 5.74) is 0.963. The number of hydrogen-bond acceptors (Lipinski definition) is 0. The van der Waals surface area contributed by atoms with Crippen LogP contribution >= 0.6 is 27.5 Å². The van der Waals surface area contributed by atoms with E-state index >= 15 is 0 Å². The molecule has 0 aliphatic heterocycles. The molecule has 1 aromatic rings. The fourth-order valence-electron chi connectivity index (χ4n) is 2.41. The number of halogens is 3. The topological polar surface area (TPSA) is 0 Å². The van der Waals surface area contributed by atoms with Crippen LogP contribution in [0.3, 0.4) is 0 Å². The number of rotatable bonds is 1. The van der Waals surface area contributed by atoms with Gasteiger partial charge in [0.25, 0.3) is 0 Å². The molecule has 3 heteroatoms. The molecule has 0 heterocycles. The Morgan fingerprint density at radius 3 is 2.75 bits per heavy atom. The van der Waals surface area contributed by atoms with Crippen molar-refractivity contribution in [3.05, 3.63) is 34.6 Å². The summed E-state index contributed by atoms with van der Waals surface area (Å²) in [4.78, 5) is 0.425. The Morgan fingerprint density at radius 1 is 1.19 bits per heavy atom. The van der Waals surface area contributed by atoms with Crippen molar-refractivity contribution in [1.82, 2.24) is 0 Å². The SMILES string of the molecule is Fc1ccc(Cl)c(C2CCCCCC2Br)c1. The Labute approximate surface area is 109 Å². The van der Waals surface area contributed by atoms with Crippen LogP contribution in [0.25, 0.3) is 0 Å². The van der Waals surface area contributed by atoms with Crippen LogP contribution in [0.5, 0.6) is 0 Å². The van der Waals surface area contributed by atoms with Gasteiger partial charge in [0.15, 0.2) is 0 Å². The summed E-state index contributed by atoms with van der Waals surface area (Å²) >= 11 is 9.88. The largest absolute Gasteiger partial charge is 0.207 e. The zero-order valence-electron chi connectivity index (χ0n) is 9.06. The molecular weight excluding hydrogens is 290 g/mol. The van der Waals surface area contributed by atoms with E-state index in [1.165, 1.54) is 25.3 Å². The summed E-state index contributed by atoms with van der Waals surface area (Å²) in [6, 6.07) is 4.68. The van der Waals surface area contributed by atoms with Gasteiger partial charge in [0.05, 0.1) is 0 Å². The van der Waals surface area contributed by atoms with Crippen molar-refractivity contribution in [3.63, 3.8) is 0 Å². The average Bonchev–Trinajstić information content (AvgIpc) is 2.47. The molecule has 1 saturated carbocycles. The maximum absolute atomic E-state index is 13.3. The van der Waals surface area contributed by atoms with Gasteiger partial charge >= 0.3 is 0 Å². The molecule has 0 bridgehead atoms. The second-order valence-electron chi connectivity index (χ2n) is 4.43. The van der Waals surface area contributed by atoms with Crippen LogP contribution in [0.2, 0.25) is 5.02 Å². The summed E-state index contributed by atoms with van der Waals surface area (Å²) in [6.07, 6.45) is 5.97. The second kappa shape index (κ2) is 5.50. The van der Waals surface area contributed by atoms with Crippen LogP contribution in [0, 0.1) is 5.82 Å². The molecule has 0 saturated heterocycles. The lowest BCUT2D eigenvalue weighted by molar-refractivity contribution is 0.593. The quantitative estimate of drug-likeness (QED) is 0.488. The monoisotopic (exact) mass is 304 g/mol. The van der Waals surface area contributed by atoms with E-state index in [-0.39, 0.29) is 5.82 Å². The van der Waals surface area contributed by atoms with Crippen LogP contribution in [-0.4, -0.2) is 4.83 Å². The van der Waals surface area contributed by atoms with Gasteiger partial charge in [-0.15, -0.1) is 0 Å². The average molecular weight is 306 g/mol. The Hall–Kier alpha value is -0.0800. The molecule has 0 radical (unpaired) electrons. The van der Waals surface area contributed by atoms with E-state index < -0.39 is 0 Å². The van der Waals surface area contributed by atoms with Gasteiger partial charge in [-0.25, -0.2) is 4.39 Å². The third kappa shape index (κ3) is 2.78. The summed E-state index contributed by atoms with van der Waals surface area (Å²) in [5.74, 6) is 0.161. The van der Waals surface area contributed by atoms with E-state index in [9.17, 15) is 4.39 Å². The van der Waals surface area contributed by atoms with Gasteiger partial charge in [-0.05, 0) is 42.5 Å². The minimum Gasteiger partial charge on any atom is -0.207 e. The molecule has 1 fully saturated rings. The standard InChI is InChI=1S/C13H15BrClF/c14-12-5-3-1-2-4-10(12)11-8-9(16)6-7-13(11)15/h6-8,10,12H,1-5H2. The Balaban J connectivity index is 2.29. The molecule has 2 rings (SSSR count). The molecule has 0 amide bonds. The van der Waals surface area contributed by atoms with E-state index in [4.69, 9.17) is 11.6 Å².